The standard InChI is InChI=1S/C23H24FNO3S/c1-14(2)25(27)23(26)13-21-15(3)20(19-10-7-17(24)12-22(19)21)11-16-5-8-18(9-6-16)29(4)28/h5-12,14,27H,13H2,1-4H3/b20-11-. The number of halogens is 1. The number of hydrogen-bond donors (Lipinski definition) is 1. The van der Waals surface area contributed by atoms with Gasteiger partial charge in [0.05, 0.1) is 12.5 Å². The minimum absolute atomic E-state index is 0.0118. The third-order valence-electron chi connectivity index (χ3n) is 5.05. The molecular formula is C23H24FNO3S. The van der Waals surface area contributed by atoms with Crippen LogP contribution < -0.4 is 0 Å². The second-order valence-electron chi connectivity index (χ2n) is 7.38. The Morgan fingerprint density at radius 3 is 2.41 bits per heavy atom. The zero-order valence-corrected chi connectivity index (χ0v) is 17.7. The Kier molecular flexibility index (Phi) is 6.15. The Balaban J connectivity index is 2.04. The van der Waals surface area contributed by atoms with Crippen LogP contribution in [0.2, 0.25) is 0 Å². The van der Waals surface area contributed by atoms with E-state index >= 15 is 0 Å². The van der Waals surface area contributed by atoms with Gasteiger partial charge in [0, 0.05) is 22.0 Å². The fraction of sp³-hybridized carbons (Fsp3) is 0.261. The van der Waals surface area contributed by atoms with E-state index < -0.39 is 16.7 Å². The molecule has 0 aromatic heterocycles. The molecule has 0 saturated carbocycles. The normalized spacial score (nSPS) is 15.8. The predicted molar refractivity (Wildman–Crippen MR) is 114 cm³/mol. The first-order valence-electron chi connectivity index (χ1n) is 9.35. The van der Waals surface area contributed by atoms with Gasteiger partial charge in [0.1, 0.15) is 5.82 Å². The number of hydrogen-bond acceptors (Lipinski definition) is 3. The molecule has 4 nitrogen and oxygen atoms in total. The molecule has 1 atom stereocenters. The lowest BCUT2D eigenvalue weighted by Gasteiger charge is -2.19. The van der Waals surface area contributed by atoms with Crippen LogP contribution in [0.25, 0.3) is 17.2 Å². The molecule has 1 N–H and O–H groups in total. The molecule has 0 saturated heterocycles. The largest absolute Gasteiger partial charge is 0.286 e. The summed E-state index contributed by atoms with van der Waals surface area (Å²) in [6.07, 6.45) is 3.60. The van der Waals surface area contributed by atoms with Gasteiger partial charge in [-0.1, -0.05) is 18.2 Å². The molecule has 2 aromatic carbocycles. The van der Waals surface area contributed by atoms with Crippen LogP contribution in [0.3, 0.4) is 0 Å². The van der Waals surface area contributed by atoms with Crippen molar-refractivity contribution in [2.24, 2.45) is 0 Å². The maximum Gasteiger partial charge on any atom is 0.250 e. The molecule has 1 unspecified atom stereocenters. The number of hydroxylamine groups is 2. The lowest BCUT2D eigenvalue weighted by Crippen LogP contribution is -2.33. The fourth-order valence-corrected chi connectivity index (χ4v) is 3.94. The Morgan fingerprint density at radius 2 is 1.83 bits per heavy atom. The first-order chi connectivity index (χ1) is 13.7. The number of carbonyl (C=O) groups is 1. The third kappa shape index (κ3) is 4.38. The van der Waals surface area contributed by atoms with E-state index in [1.165, 1.54) is 12.1 Å². The van der Waals surface area contributed by atoms with Crippen molar-refractivity contribution >= 4 is 33.9 Å². The Morgan fingerprint density at radius 1 is 1.17 bits per heavy atom. The van der Waals surface area contributed by atoms with Crippen LogP contribution in [0.15, 0.2) is 52.9 Å². The van der Waals surface area contributed by atoms with E-state index in [0.29, 0.717) is 16.2 Å². The molecule has 0 aliphatic heterocycles. The SMILES string of the molecule is CC1=C(CC(=O)N(O)C(C)C)c2cc(F)ccc2/C1=C\c1ccc(S(C)=O)cc1. The number of fused-ring (bicyclic) bond motifs is 1. The molecule has 0 fully saturated rings. The molecule has 3 rings (SSSR count). The number of carbonyl (C=O) groups excluding carboxylic acids is 1. The number of nitrogens with zero attached hydrogens (tertiary/aromatic N) is 1. The van der Waals surface area contributed by atoms with Crippen molar-refractivity contribution in [3.63, 3.8) is 0 Å². The maximum absolute atomic E-state index is 13.9. The minimum atomic E-state index is -1.05. The number of benzene rings is 2. The average Bonchev–Trinajstić information content (AvgIpc) is 2.92. The van der Waals surface area contributed by atoms with Gasteiger partial charge in [-0.2, -0.15) is 0 Å². The summed E-state index contributed by atoms with van der Waals surface area (Å²) in [4.78, 5) is 13.2. The zero-order valence-electron chi connectivity index (χ0n) is 16.9. The van der Waals surface area contributed by atoms with Gasteiger partial charge in [-0.25, -0.2) is 9.45 Å². The van der Waals surface area contributed by atoms with Crippen molar-refractivity contribution in [1.82, 2.24) is 5.06 Å². The summed E-state index contributed by atoms with van der Waals surface area (Å²) in [5.74, 6) is -0.803. The maximum atomic E-state index is 13.9. The second-order valence-corrected chi connectivity index (χ2v) is 8.76. The zero-order chi connectivity index (χ0) is 21.3. The van der Waals surface area contributed by atoms with Crippen molar-refractivity contribution < 1.29 is 18.6 Å². The van der Waals surface area contributed by atoms with Crippen molar-refractivity contribution in [2.75, 3.05) is 6.26 Å². The highest BCUT2D eigenvalue weighted by molar-refractivity contribution is 7.84. The molecule has 0 bridgehead atoms. The summed E-state index contributed by atoms with van der Waals surface area (Å²) in [7, 11) is -1.05. The summed E-state index contributed by atoms with van der Waals surface area (Å²) in [5, 5.41) is 10.7. The third-order valence-corrected chi connectivity index (χ3v) is 5.99. The van der Waals surface area contributed by atoms with Gasteiger partial charge < -0.3 is 0 Å². The van der Waals surface area contributed by atoms with Crippen LogP contribution in [0.5, 0.6) is 0 Å². The summed E-state index contributed by atoms with van der Waals surface area (Å²) in [6, 6.07) is 11.6. The van der Waals surface area contributed by atoms with Gasteiger partial charge in [-0.3, -0.25) is 14.2 Å². The first kappa shape index (κ1) is 21.1. The first-order valence-corrected chi connectivity index (χ1v) is 10.9. The number of allylic oxidation sites excluding steroid dienone is 2. The van der Waals surface area contributed by atoms with Crippen LogP contribution in [-0.2, 0) is 15.6 Å². The minimum Gasteiger partial charge on any atom is -0.286 e. The highest BCUT2D eigenvalue weighted by Gasteiger charge is 2.27. The van der Waals surface area contributed by atoms with Gasteiger partial charge in [0.25, 0.3) is 5.91 Å². The lowest BCUT2D eigenvalue weighted by molar-refractivity contribution is -0.171. The van der Waals surface area contributed by atoms with Crippen LogP contribution in [0, 0.1) is 5.82 Å². The van der Waals surface area contributed by atoms with Crippen LogP contribution in [-0.4, -0.2) is 32.7 Å². The molecule has 2 aromatic rings. The van der Waals surface area contributed by atoms with Gasteiger partial charge >= 0.3 is 0 Å². The molecule has 0 radical (unpaired) electrons. The Bertz CT molecular complexity index is 1040. The van der Waals surface area contributed by atoms with Gasteiger partial charge in [0.2, 0.25) is 0 Å². The average molecular weight is 414 g/mol. The van der Waals surface area contributed by atoms with E-state index in [0.717, 1.165) is 27.2 Å². The fourth-order valence-electron chi connectivity index (χ4n) is 3.42. The molecule has 1 amide bonds. The smallest absolute Gasteiger partial charge is 0.250 e. The molecule has 0 heterocycles. The molecule has 0 spiro atoms. The highest BCUT2D eigenvalue weighted by Crippen LogP contribution is 2.44. The van der Waals surface area contributed by atoms with E-state index in [1.807, 2.05) is 37.3 Å². The number of rotatable bonds is 5. The topological polar surface area (TPSA) is 57.6 Å². The molecule has 6 heteroatoms. The molecule has 29 heavy (non-hydrogen) atoms. The quantitative estimate of drug-likeness (QED) is 0.560. The molecule has 1 aliphatic rings. The number of amides is 1. The van der Waals surface area contributed by atoms with Crippen molar-refractivity contribution in [3.05, 3.63) is 70.5 Å². The summed E-state index contributed by atoms with van der Waals surface area (Å²) < 4.78 is 25.5. The van der Waals surface area contributed by atoms with Crippen molar-refractivity contribution in [3.8, 4) is 0 Å². The summed E-state index contributed by atoms with van der Waals surface area (Å²) in [5.41, 5.74) is 4.93. The molecule has 152 valence electrons. The Hall–Kier alpha value is -2.57. The van der Waals surface area contributed by atoms with E-state index in [9.17, 15) is 18.6 Å². The summed E-state index contributed by atoms with van der Waals surface area (Å²) >= 11 is 0. The Labute approximate surface area is 172 Å². The molecule has 1 aliphatic carbocycles. The van der Waals surface area contributed by atoms with Gasteiger partial charge in [-0.05, 0) is 84.5 Å². The molecular weight excluding hydrogens is 389 g/mol. The van der Waals surface area contributed by atoms with Crippen molar-refractivity contribution in [2.45, 2.75) is 38.1 Å². The van der Waals surface area contributed by atoms with Gasteiger partial charge in [0.15, 0.2) is 0 Å². The highest BCUT2D eigenvalue weighted by atomic mass is 32.2. The monoisotopic (exact) mass is 413 g/mol. The van der Waals surface area contributed by atoms with Crippen LogP contribution in [0.4, 0.5) is 4.39 Å². The van der Waals surface area contributed by atoms with E-state index in [1.54, 1.807) is 26.2 Å². The second kappa shape index (κ2) is 8.43. The van der Waals surface area contributed by atoms with Gasteiger partial charge in [-0.15, -0.1) is 0 Å². The van der Waals surface area contributed by atoms with E-state index in [2.05, 4.69) is 0 Å². The van der Waals surface area contributed by atoms with Crippen LogP contribution >= 0.6 is 0 Å². The van der Waals surface area contributed by atoms with Crippen molar-refractivity contribution in [1.29, 1.82) is 0 Å². The lowest BCUT2D eigenvalue weighted by atomic mass is 10.0. The summed E-state index contributed by atoms with van der Waals surface area (Å²) in [6.45, 7) is 5.35. The predicted octanol–water partition coefficient (Wildman–Crippen LogP) is 4.91. The van der Waals surface area contributed by atoms with E-state index in [4.69, 9.17) is 0 Å². The van der Waals surface area contributed by atoms with E-state index in [-0.39, 0.29) is 18.3 Å². The van der Waals surface area contributed by atoms with Crippen LogP contribution in [0.1, 0.15) is 43.9 Å².